The molecule has 1 rings (SSSR count). The van der Waals surface area contributed by atoms with Crippen molar-refractivity contribution in [2.75, 3.05) is 6.54 Å². The van der Waals surface area contributed by atoms with E-state index in [0.29, 0.717) is 0 Å². The van der Waals surface area contributed by atoms with Crippen LogP contribution in [0.1, 0.15) is 33.1 Å². The number of nitrogens with two attached hydrogens (primary N) is 1. The first kappa shape index (κ1) is 14.2. The Morgan fingerprint density at radius 2 is 2.18 bits per heavy atom. The second-order valence-electron chi connectivity index (χ2n) is 4.44. The zero-order chi connectivity index (χ0) is 13.1. The molecule has 0 atom stereocenters. The fraction of sp³-hybridized carbons (Fsp3) is 0.889. The Hall–Kier alpha value is -0.860. The van der Waals surface area contributed by atoms with Gasteiger partial charge in [0, 0.05) is 25.0 Å². The lowest BCUT2D eigenvalue weighted by Gasteiger charge is -2.25. The van der Waals surface area contributed by atoms with E-state index in [9.17, 15) is 8.42 Å². The third-order valence-corrected chi connectivity index (χ3v) is 4.35. The number of oxime groups is 1. The van der Waals surface area contributed by atoms with Crippen LogP contribution in [0, 0.1) is 0 Å². The molecule has 0 spiro atoms. The summed E-state index contributed by atoms with van der Waals surface area (Å²) in [7, 11) is -3.47. The third kappa shape index (κ3) is 4.49. The summed E-state index contributed by atoms with van der Waals surface area (Å²) >= 11 is 0. The number of hydrogen-bond donors (Lipinski definition) is 3. The van der Waals surface area contributed by atoms with Crippen molar-refractivity contribution in [2.24, 2.45) is 10.9 Å². The second kappa shape index (κ2) is 5.65. The van der Waals surface area contributed by atoms with Crippen LogP contribution in [0.25, 0.3) is 0 Å². The molecule has 8 heteroatoms. The molecule has 0 bridgehead atoms. The van der Waals surface area contributed by atoms with Gasteiger partial charge in [-0.05, 0) is 26.7 Å². The SMILES string of the molecule is CC(C)N(CCC(N)=NO)S(=O)(=O)NC1CC1. The Balaban J connectivity index is 2.63. The minimum absolute atomic E-state index is 0.0253. The van der Waals surface area contributed by atoms with Crippen LogP contribution in [0.5, 0.6) is 0 Å². The molecule has 0 saturated heterocycles. The summed E-state index contributed by atoms with van der Waals surface area (Å²) in [5, 5.41) is 11.3. The molecule has 100 valence electrons. The summed E-state index contributed by atoms with van der Waals surface area (Å²) in [6.07, 6.45) is 2.00. The lowest BCUT2D eigenvalue weighted by molar-refractivity contribution is 0.313. The highest BCUT2D eigenvalue weighted by Crippen LogP contribution is 2.21. The molecule has 1 aliphatic rings. The smallest absolute Gasteiger partial charge is 0.279 e. The number of amidine groups is 1. The van der Waals surface area contributed by atoms with Crippen molar-refractivity contribution in [3.8, 4) is 0 Å². The molecule has 0 aromatic rings. The molecule has 0 heterocycles. The first-order valence-electron chi connectivity index (χ1n) is 5.62. The number of nitrogens with one attached hydrogen (secondary N) is 1. The van der Waals surface area contributed by atoms with Gasteiger partial charge in [0.2, 0.25) is 0 Å². The highest BCUT2D eigenvalue weighted by molar-refractivity contribution is 7.87. The maximum absolute atomic E-state index is 12.0. The maximum Gasteiger partial charge on any atom is 0.279 e. The molecule has 0 amide bonds. The first-order valence-corrected chi connectivity index (χ1v) is 7.06. The molecule has 0 unspecified atom stereocenters. The van der Waals surface area contributed by atoms with E-state index in [4.69, 9.17) is 10.9 Å². The molecule has 17 heavy (non-hydrogen) atoms. The van der Waals surface area contributed by atoms with Crippen molar-refractivity contribution in [3.05, 3.63) is 0 Å². The van der Waals surface area contributed by atoms with Gasteiger partial charge in [0.05, 0.1) is 0 Å². The number of hydrogen-bond acceptors (Lipinski definition) is 4. The molecule has 4 N–H and O–H groups in total. The monoisotopic (exact) mass is 264 g/mol. The average molecular weight is 264 g/mol. The molecule has 7 nitrogen and oxygen atoms in total. The Labute approximate surface area is 102 Å². The van der Waals surface area contributed by atoms with Gasteiger partial charge in [-0.1, -0.05) is 5.16 Å². The van der Waals surface area contributed by atoms with Gasteiger partial charge in [-0.15, -0.1) is 0 Å². The maximum atomic E-state index is 12.0. The third-order valence-electron chi connectivity index (χ3n) is 2.49. The van der Waals surface area contributed by atoms with E-state index in [1.807, 2.05) is 0 Å². The molecular weight excluding hydrogens is 244 g/mol. The van der Waals surface area contributed by atoms with Crippen LogP contribution < -0.4 is 10.5 Å². The van der Waals surface area contributed by atoms with Gasteiger partial charge in [-0.25, -0.2) is 0 Å². The minimum Gasteiger partial charge on any atom is -0.409 e. The van der Waals surface area contributed by atoms with Gasteiger partial charge >= 0.3 is 0 Å². The van der Waals surface area contributed by atoms with Gasteiger partial charge in [0.25, 0.3) is 10.2 Å². The largest absolute Gasteiger partial charge is 0.409 e. The number of rotatable bonds is 7. The van der Waals surface area contributed by atoms with Crippen molar-refractivity contribution in [3.63, 3.8) is 0 Å². The lowest BCUT2D eigenvalue weighted by atomic mass is 10.3. The highest BCUT2D eigenvalue weighted by Gasteiger charge is 2.32. The van der Waals surface area contributed by atoms with Crippen LogP contribution in [-0.2, 0) is 10.2 Å². The Morgan fingerprint density at radius 3 is 2.59 bits per heavy atom. The Morgan fingerprint density at radius 1 is 1.59 bits per heavy atom. The van der Waals surface area contributed by atoms with Crippen LogP contribution >= 0.6 is 0 Å². The van der Waals surface area contributed by atoms with Crippen LogP contribution in [0.4, 0.5) is 0 Å². The van der Waals surface area contributed by atoms with E-state index >= 15 is 0 Å². The van der Waals surface area contributed by atoms with Gasteiger partial charge in [0.15, 0.2) is 0 Å². The van der Waals surface area contributed by atoms with E-state index in [0.717, 1.165) is 12.8 Å². The van der Waals surface area contributed by atoms with E-state index in [-0.39, 0.29) is 30.9 Å². The fourth-order valence-electron chi connectivity index (χ4n) is 1.41. The fourth-order valence-corrected chi connectivity index (χ4v) is 3.09. The Kier molecular flexibility index (Phi) is 4.72. The van der Waals surface area contributed by atoms with Gasteiger partial charge in [-0.2, -0.15) is 17.4 Å². The van der Waals surface area contributed by atoms with Crippen LogP contribution in [0.15, 0.2) is 5.16 Å². The van der Waals surface area contributed by atoms with Crippen molar-refractivity contribution in [1.29, 1.82) is 0 Å². The van der Waals surface area contributed by atoms with Crippen LogP contribution in [0.3, 0.4) is 0 Å². The topological polar surface area (TPSA) is 108 Å². The van der Waals surface area contributed by atoms with Crippen molar-refractivity contribution in [1.82, 2.24) is 9.03 Å². The predicted molar refractivity (Wildman–Crippen MR) is 64.9 cm³/mol. The Bertz CT molecular complexity index is 376. The van der Waals surface area contributed by atoms with Crippen LogP contribution in [-0.4, -0.2) is 42.4 Å². The lowest BCUT2D eigenvalue weighted by Crippen LogP contribution is -2.46. The summed E-state index contributed by atoms with van der Waals surface area (Å²) in [5.74, 6) is 0.0253. The summed E-state index contributed by atoms with van der Waals surface area (Å²) in [4.78, 5) is 0. The first-order chi connectivity index (χ1) is 7.86. The van der Waals surface area contributed by atoms with Gasteiger partial charge < -0.3 is 10.9 Å². The van der Waals surface area contributed by atoms with E-state index in [1.54, 1.807) is 13.8 Å². The van der Waals surface area contributed by atoms with Gasteiger partial charge in [0.1, 0.15) is 5.84 Å². The molecule has 1 aliphatic carbocycles. The molecule has 0 radical (unpaired) electrons. The summed E-state index contributed by atoms with van der Waals surface area (Å²) in [6, 6.07) is -0.0946. The van der Waals surface area contributed by atoms with Crippen molar-refractivity contribution >= 4 is 16.0 Å². The second-order valence-corrected chi connectivity index (χ2v) is 6.10. The molecule has 1 saturated carbocycles. The minimum atomic E-state index is -3.47. The van der Waals surface area contributed by atoms with Gasteiger partial charge in [-0.3, -0.25) is 0 Å². The van der Waals surface area contributed by atoms with Crippen molar-refractivity contribution < 1.29 is 13.6 Å². The molecule has 0 aromatic carbocycles. The summed E-state index contributed by atoms with van der Waals surface area (Å²) in [6.45, 7) is 3.78. The normalized spacial score (nSPS) is 18.0. The molecular formula is C9H20N4O3S. The molecule has 0 aliphatic heterocycles. The quantitative estimate of drug-likeness (QED) is 0.257. The van der Waals surface area contributed by atoms with E-state index in [1.165, 1.54) is 4.31 Å². The highest BCUT2D eigenvalue weighted by atomic mass is 32.2. The molecule has 1 fully saturated rings. The number of nitrogens with zero attached hydrogens (tertiary/aromatic N) is 2. The molecule has 0 aromatic heterocycles. The zero-order valence-corrected chi connectivity index (χ0v) is 10.9. The summed E-state index contributed by atoms with van der Waals surface area (Å²) in [5.41, 5.74) is 5.34. The standard InChI is InChI=1S/C9H20N4O3S/c1-7(2)13(6-5-9(10)11-14)17(15,16)12-8-3-4-8/h7-8,12,14H,3-6H2,1-2H3,(H2,10,11). The predicted octanol–water partition coefficient (Wildman–Crippen LogP) is -0.170. The van der Waals surface area contributed by atoms with Crippen molar-refractivity contribution in [2.45, 2.75) is 45.2 Å². The zero-order valence-electron chi connectivity index (χ0n) is 10.1. The van der Waals surface area contributed by atoms with Crippen LogP contribution in [0.2, 0.25) is 0 Å². The van der Waals surface area contributed by atoms with E-state index in [2.05, 4.69) is 9.88 Å². The average Bonchev–Trinajstić information content (AvgIpc) is 2.99. The summed E-state index contributed by atoms with van der Waals surface area (Å²) < 4.78 is 27.9. The van der Waals surface area contributed by atoms with E-state index < -0.39 is 10.2 Å².